The molecule has 0 atom stereocenters. The Morgan fingerprint density at radius 2 is 2.08 bits per heavy atom. The van der Waals surface area contributed by atoms with Gasteiger partial charge in [0.25, 0.3) is 0 Å². The zero-order chi connectivity index (χ0) is 8.81. The van der Waals surface area contributed by atoms with Gasteiger partial charge in [-0.15, -0.1) is 0 Å². The number of nitrogens with one attached hydrogen (secondary N) is 2. The Bertz CT molecular complexity index is 235. The maximum atomic E-state index is 5.27. The van der Waals surface area contributed by atoms with Crippen LogP contribution in [0.3, 0.4) is 0 Å². The fourth-order valence-electron chi connectivity index (χ4n) is 0.988. The van der Waals surface area contributed by atoms with Gasteiger partial charge in [-0.05, 0) is 24.6 Å². The van der Waals surface area contributed by atoms with Crippen LogP contribution in [-0.4, -0.2) is 6.54 Å². The third-order valence-corrected chi connectivity index (χ3v) is 1.61. The normalized spacial score (nSPS) is 9.50. The van der Waals surface area contributed by atoms with Crippen LogP contribution in [0, 0.1) is 0 Å². The molecule has 0 radical (unpaired) electrons. The van der Waals surface area contributed by atoms with Crippen molar-refractivity contribution in [1.82, 2.24) is 0 Å². The summed E-state index contributed by atoms with van der Waals surface area (Å²) in [4.78, 5) is 0. The van der Waals surface area contributed by atoms with Crippen LogP contribution in [-0.2, 0) is 0 Å². The molecule has 0 unspecified atom stereocenters. The topological polar surface area (TPSA) is 50.1 Å². The van der Waals surface area contributed by atoms with Gasteiger partial charge in [-0.1, -0.05) is 13.0 Å². The summed E-state index contributed by atoms with van der Waals surface area (Å²) in [7, 11) is 0. The molecular formula is C9H15N3. The molecule has 0 aliphatic rings. The van der Waals surface area contributed by atoms with Crippen LogP contribution in [0.2, 0.25) is 0 Å². The number of nitrogen functional groups attached to an aromatic ring is 1. The molecule has 1 aromatic rings. The van der Waals surface area contributed by atoms with Crippen molar-refractivity contribution in [3.05, 3.63) is 24.3 Å². The van der Waals surface area contributed by atoms with Crippen molar-refractivity contribution in [1.29, 1.82) is 0 Å². The largest absolute Gasteiger partial charge is 0.385 e. The number of hydrogen-bond acceptors (Lipinski definition) is 3. The van der Waals surface area contributed by atoms with E-state index >= 15 is 0 Å². The lowest BCUT2D eigenvalue weighted by Crippen LogP contribution is -2.07. The van der Waals surface area contributed by atoms with Gasteiger partial charge in [0.2, 0.25) is 0 Å². The van der Waals surface area contributed by atoms with E-state index in [2.05, 4.69) is 17.7 Å². The highest BCUT2D eigenvalue weighted by molar-refractivity contribution is 5.55. The maximum Gasteiger partial charge on any atom is 0.0505 e. The van der Waals surface area contributed by atoms with E-state index in [-0.39, 0.29) is 0 Å². The van der Waals surface area contributed by atoms with Gasteiger partial charge in [-0.3, -0.25) is 5.84 Å². The number of nitrogens with two attached hydrogens (primary N) is 1. The highest BCUT2D eigenvalue weighted by Gasteiger charge is 1.91. The van der Waals surface area contributed by atoms with Gasteiger partial charge in [0.05, 0.1) is 5.69 Å². The summed E-state index contributed by atoms with van der Waals surface area (Å²) in [6.45, 7) is 3.13. The Labute approximate surface area is 72.9 Å². The minimum atomic E-state index is 0.927. The Balaban J connectivity index is 2.60. The Kier molecular flexibility index (Phi) is 3.41. The molecule has 0 fully saturated rings. The lowest BCUT2D eigenvalue weighted by Gasteiger charge is -2.06. The Morgan fingerprint density at radius 1 is 1.33 bits per heavy atom. The van der Waals surface area contributed by atoms with Gasteiger partial charge in [0.15, 0.2) is 0 Å². The molecule has 1 rings (SSSR count). The third-order valence-electron chi connectivity index (χ3n) is 1.61. The average Bonchev–Trinajstić information content (AvgIpc) is 2.15. The second kappa shape index (κ2) is 4.62. The quantitative estimate of drug-likeness (QED) is 0.471. The first-order valence-corrected chi connectivity index (χ1v) is 4.17. The first kappa shape index (κ1) is 8.87. The van der Waals surface area contributed by atoms with Crippen LogP contribution in [0.4, 0.5) is 11.4 Å². The number of hydrazine groups is 1. The number of anilines is 2. The summed E-state index contributed by atoms with van der Waals surface area (Å²) >= 11 is 0. The van der Waals surface area contributed by atoms with Crippen molar-refractivity contribution >= 4 is 11.4 Å². The van der Waals surface area contributed by atoms with Crippen LogP contribution in [0.5, 0.6) is 0 Å². The molecule has 0 spiro atoms. The number of rotatable bonds is 4. The molecule has 0 aromatic heterocycles. The van der Waals surface area contributed by atoms with Gasteiger partial charge in [0.1, 0.15) is 0 Å². The molecule has 12 heavy (non-hydrogen) atoms. The molecule has 0 saturated carbocycles. The van der Waals surface area contributed by atoms with Crippen molar-refractivity contribution in [2.45, 2.75) is 13.3 Å². The molecule has 3 nitrogen and oxygen atoms in total. The number of hydrogen-bond donors (Lipinski definition) is 3. The van der Waals surface area contributed by atoms with Gasteiger partial charge in [-0.2, -0.15) is 0 Å². The van der Waals surface area contributed by atoms with E-state index < -0.39 is 0 Å². The third kappa shape index (κ3) is 2.43. The summed E-state index contributed by atoms with van der Waals surface area (Å²) in [5.74, 6) is 5.27. The second-order valence-corrected chi connectivity index (χ2v) is 2.65. The van der Waals surface area contributed by atoms with Gasteiger partial charge in [0, 0.05) is 12.2 Å². The monoisotopic (exact) mass is 165 g/mol. The van der Waals surface area contributed by atoms with E-state index in [9.17, 15) is 0 Å². The summed E-state index contributed by atoms with van der Waals surface area (Å²) < 4.78 is 0. The van der Waals surface area contributed by atoms with Crippen molar-refractivity contribution in [2.75, 3.05) is 17.3 Å². The zero-order valence-corrected chi connectivity index (χ0v) is 7.30. The van der Waals surface area contributed by atoms with Crippen molar-refractivity contribution < 1.29 is 0 Å². The fourth-order valence-corrected chi connectivity index (χ4v) is 0.988. The second-order valence-electron chi connectivity index (χ2n) is 2.65. The van der Waals surface area contributed by atoms with E-state index in [1.807, 2.05) is 24.3 Å². The summed E-state index contributed by atoms with van der Waals surface area (Å²) in [5, 5.41) is 3.27. The summed E-state index contributed by atoms with van der Waals surface area (Å²) in [6.07, 6.45) is 1.13. The SMILES string of the molecule is CCCNc1cccc(NN)c1. The molecule has 3 heteroatoms. The van der Waals surface area contributed by atoms with Gasteiger partial charge < -0.3 is 10.7 Å². The van der Waals surface area contributed by atoms with Crippen molar-refractivity contribution in [3.8, 4) is 0 Å². The van der Waals surface area contributed by atoms with Crippen LogP contribution >= 0.6 is 0 Å². The first-order chi connectivity index (χ1) is 5.86. The van der Waals surface area contributed by atoms with Crippen LogP contribution in [0.25, 0.3) is 0 Å². The van der Waals surface area contributed by atoms with E-state index in [0.29, 0.717) is 0 Å². The molecule has 1 aromatic carbocycles. The van der Waals surface area contributed by atoms with E-state index in [1.165, 1.54) is 0 Å². The highest BCUT2D eigenvalue weighted by Crippen LogP contribution is 2.13. The van der Waals surface area contributed by atoms with Gasteiger partial charge >= 0.3 is 0 Å². The molecule has 0 aliphatic heterocycles. The van der Waals surface area contributed by atoms with E-state index in [4.69, 9.17) is 5.84 Å². The van der Waals surface area contributed by atoms with Crippen LogP contribution in [0.15, 0.2) is 24.3 Å². The predicted molar refractivity (Wildman–Crippen MR) is 53.0 cm³/mol. The first-order valence-electron chi connectivity index (χ1n) is 4.17. The molecule has 4 N–H and O–H groups in total. The molecule has 0 amide bonds. The minimum absolute atomic E-state index is 0.927. The van der Waals surface area contributed by atoms with E-state index in [1.54, 1.807) is 0 Å². The van der Waals surface area contributed by atoms with E-state index in [0.717, 1.165) is 24.3 Å². The Hall–Kier alpha value is -1.22. The molecule has 66 valence electrons. The molecule has 0 saturated heterocycles. The zero-order valence-electron chi connectivity index (χ0n) is 7.30. The molecule has 0 heterocycles. The summed E-state index contributed by atoms with van der Waals surface area (Å²) in [5.41, 5.74) is 4.63. The fraction of sp³-hybridized carbons (Fsp3) is 0.333. The van der Waals surface area contributed by atoms with Crippen LogP contribution in [0.1, 0.15) is 13.3 Å². The average molecular weight is 165 g/mol. The lowest BCUT2D eigenvalue weighted by molar-refractivity contribution is 0.980. The smallest absolute Gasteiger partial charge is 0.0505 e. The molecule has 0 bridgehead atoms. The number of benzene rings is 1. The lowest BCUT2D eigenvalue weighted by atomic mass is 10.3. The van der Waals surface area contributed by atoms with Gasteiger partial charge in [-0.25, -0.2) is 0 Å². The highest BCUT2D eigenvalue weighted by atomic mass is 15.2. The minimum Gasteiger partial charge on any atom is -0.385 e. The maximum absolute atomic E-state index is 5.27. The summed E-state index contributed by atoms with van der Waals surface area (Å²) in [6, 6.07) is 7.90. The molecule has 0 aliphatic carbocycles. The Morgan fingerprint density at radius 3 is 2.75 bits per heavy atom. The predicted octanol–water partition coefficient (Wildman–Crippen LogP) is 1.79. The van der Waals surface area contributed by atoms with Crippen molar-refractivity contribution in [2.24, 2.45) is 5.84 Å². The van der Waals surface area contributed by atoms with Crippen molar-refractivity contribution in [3.63, 3.8) is 0 Å². The standard InChI is InChI=1S/C9H15N3/c1-2-6-11-8-4-3-5-9(7-8)12-10/h3-5,7,11-12H,2,6,10H2,1H3. The van der Waals surface area contributed by atoms with Crippen LogP contribution < -0.4 is 16.6 Å². The molecular weight excluding hydrogens is 150 g/mol.